The van der Waals surface area contributed by atoms with Crippen molar-refractivity contribution in [1.82, 2.24) is 10.3 Å². The van der Waals surface area contributed by atoms with Crippen molar-refractivity contribution in [3.8, 4) is 0 Å². The number of hydrogen-bond donors (Lipinski definition) is 2. The Morgan fingerprint density at radius 2 is 1.87 bits per heavy atom. The van der Waals surface area contributed by atoms with Gasteiger partial charge in [0.05, 0.1) is 6.04 Å². The van der Waals surface area contributed by atoms with Crippen LogP contribution in [0.5, 0.6) is 0 Å². The van der Waals surface area contributed by atoms with Crippen LogP contribution < -0.4 is 5.32 Å². The molecule has 1 aromatic heterocycles. The molecule has 122 valence electrons. The van der Waals surface area contributed by atoms with Crippen molar-refractivity contribution < 1.29 is 18.4 Å². The molecule has 0 fully saturated rings. The third-order valence-electron chi connectivity index (χ3n) is 3.79. The van der Waals surface area contributed by atoms with Crippen LogP contribution in [0.2, 0.25) is 0 Å². The number of aromatic nitrogens is 1. The Bertz CT molecular complexity index is 781. The van der Waals surface area contributed by atoms with E-state index in [0.717, 1.165) is 12.1 Å². The number of aryl methyl sites for hydroxylation is 1. The fourth-order valence-corrected chi connectivity index (χ4v) is 2.70. The SMILES string of the molecule is CC(=O)c1c(C)[nH]c(C(=O)NC(C)c2ccc(F)cc2F)c1C. The normalized spacial score (nSPS) is 12.1. The highest BCUT2D eigenvalue weighted by atomic mass is 19.1. The highest BCUT2D eigenvalue weighted by molar-refractivity contribution is 6.02. The third kappa shape index (κ3) is 3.31. The van der Waals surface area contributed by atoms with Gasteiger partial charge in [0.2, 0.25) is 0 Å². The van der Waals surface area contributed by atoms with E-state index in [2.05, 4.69) is 10.3 Å². The smallest absolute Gasteiger partial charge is 0.268 e. The van der Waals surface area contributed by atoms with E-state index in [1.807, 2.05) is 0 Å². The van der Waals surface area contributed by atoms with Gasteiger partial charge in [-0.2, -0.15) is 0 Å². The number of carbonyl (C=O) groups excluding carboxylic acids is 2. The number of Topliss-reactive ketones (excluding diaryl/α,β-unsaturated/α-hetero) is 1. The van der Waals surface area contributed by atoms with Crippen LogP contribution in [0.4, 0.5) is 8.78 Å². The molecular weight excluding hydrogens is 302 g/mol. The van der Waals surface area contributed by atoms with Crippen molar-refractivity contribution in [1.29, 1.82) is 0 Å². The number of hydrogen-bond acceptors (Lipinski definition) is 2. The molecule has 1 atom stereocenters. The average Bonchev–Trinajstić information content (AvgIpc) is 2.73. The topological polar surface area (TPSA) is 62.0 Å². The first kappa shape index (κ1) is 16.9. The minimum atomic E-state index is -0.721. The molecule has 4 nitrogen and oxygen atoms in total. The minimum Gasteiger partial charge on any atom is -0.354 e. The van der Waals surface area contributed by atoms with Crippen LogP contribution in [0.3, 0.4) is 0 Å². The lowest BCUT2D eigenvalue weighted by atomic mass is 10.1. The van der Waals surface area contributed by atoms with Crippen LogP contribution in [0.15, 0.2) is 18.2 Å². The van der Waals surface area contributed by atoms with E-state index in [0.29, 0.717) is 16.8 Å². The van der Waals surface area contributed by atoms with Crippen LogP contribution >= 0.6 is 0 Å². The maximum Gasteiger partial charge on any atom is 0.268 e. The molecule has 0 aliphatic rings. The van der Waals surface area contributed by atoms with Gasteiger partial charge in [0.25, 0.3) is 5.91 Å². The lowest BCUT2D eigenvalue weighted by molar-refractivity contribution is 0.0934. The molecule has 1 unspecified atom stereocenters. The van der Waals surface area contributed by atoms with Crippen LogP contribution in [0.25, 0.3) is 0 Å². The number of nitrogens with one attached hydrogen (secondary N) is 2. The number of carbonyl (C=O) groups is 2. The summed E-state index contributed by atoms with van der Waals surface area (Å²) in [5.41, 5.74) is 2.10. The van der Waals surface area contributed by atoms with Gasteiger partial charge in [-0.25, -0.2) is 8.78 Å². The minimum absolute atomic E-state index is 0.132. The highest BCUT2D eigenvalue weighted by Gasteiger charge is 2.22. The molecule has 6 heteroatoms. The van der Waals surface area contributed by atoms with Crippen molar-refractivity contribution >= 4 is 11.7 Å². The molecule has 1 heterocycles. The molecule has 0 aliphatic heterocycles. The summed E-state index contributed by atoms with van der Waals surface area (Å²) >= 11 is 0. The zero-order chi connectivity index (χ0) is 17.3. The fourth-order valence-electron chi connectivity index (χ4n) is 2.70. The third-order valence-corrected chi connectivity index (χ3v) is 3.79. The number of H-pyrrole nitrogens is 1. The molecule has 0 saturated heterocycles. The first-order chi connectivity index (χ1) is 10.7. The van der Waals surface area contributed by atoms with E-state index in [-0.39, 0.29) is 17.0 Å². The van der Waals surface area contributed by atoms with Crippen LogP contribution in [-0.4, -0.2) is 16.7 Å². The van der Waals surface area contributed by atoms with Gasteiger partial charge in [0, 0.05) is 22.9 Å². The summed E-state index contributed by atoms with van der Waals surface area (Å²) < 4.78 is 26.7. The lowest BCUT2D eigenvalue weighted by Crippen LogP contribution is -2.28. The number of ketones is 1. The molecule has 2 aromatic rings. The van der Waals surface area contributed by atoms with Gasteiger partial charge in [-0.15, -0.1) is 0 Å². The van der Waals surface area contributed by atoms with Gasteiger partial charge >= 0.3 is 0 Å². The van der Waals surface area contributed by atoms with Gasteiger partial charge in [-0.3, -0.25) is 9.59 Å². The standard InChI is InChI=1S/C17H18F2N2O2/c1-8-15(11(4)22)10(3)20-16(8)17(23)21-9(2)13-6-5-12(18)7-14(13)19/h5-7,9,20H,1-4H3,(H,21,23). The molecule has 0 bridgehead atoms. The van der Waals surface area contributed by atoms with Crippen LogP contribution in [-0.2, 0) is 0 Å². The summed E-state index contributed by atoms with van der Waals surface area (Å²) in [6, 6.07) is 2.56. The highest BCUT2D eigenvalue weighted by Crippen LogP contribution is 2.21. The zero-order valence-corrected chi connectivity index (χ0v) is 13.4. The first-order valence-electron chi connectivity index (χ1n) is 7.18. The molecule has 1 aromatic carbocycles. The van der Waals surface area contributed by atoms with Crippen molar-refractivity contribution in [3.05, 3.63) is 57.9 Å². The van der Waals surface area contributed by atoms with E-state index >= 15 is 0 Å². The van der Waals surface area contributed by atoms with Gasteiger partial charge in [0.15, 0.2) is 5.78 Å². The van der Waals surface area contributed by atoms with Crippen LogP contribution in [0, 0.1) is 25.5 Å². The molecule has 2 rings (SSSR count). The summed E-state index contributed by atoms with van der Waals surface area (Å²) in [7, 11) is 0. The zero-order valence-electron chi connectivity index (χ0n) is 13.4. The molecule has 2 N–H and O–H groups in total. The summed E-state index contributed by atoms with van der Waals surface area (Å²) in [5.74, 6) is -1.98. The number of rotatable bonds is 4. The van der Waals surface area contributed by atoms with E-state index in [1.54, 1.807) is 20.8 Å². The average molecular weight is 320 g/mol. The fraction of sp³-hybridized carbons (Fsp3) is 0.294. The molecular formula is C17H18F2N2O2. The van der Waals surface area contributed by atoms with E-state index in [1.165, 1.54) is 13.0 Å². The number of aromatic amines is 1. The van der Waals surface area contributed by atoms with Gasteiger partial charge < -0.3 is 10.3 Å². The predicted octanol–water partition coefficient (Wildman–Crippen LogP) is 3.60. The number of halogens is 2. The maximum atomic E-state index is 13.8. The second-order valence-electron chi connectivity index (χ2n) is 5.54. The Hall–Kier alpha value is -2.50. The summed E-state index contributed by atoms with van der Waals surface area (Å²) in [5, 5.41) is 2.65. The molecule has 0 spiro atoms. The van der Waals surface area contributed by atoms with Crippen LogP contribution in [0.1, 0.15) is 57.6 Å². The summed E-state index contributed by atoms with van der Waals surface area (Å²) in [6.45, 7) is 6.43. The molecule has 0 radical (unpaired) electrons. The van der Waals surface area contributed by atoms with E-state index in [4.69, 9.17) is 0 Å². The Kier molecular flexibility index (Phi) is 4.63. The Balaban J connectivity index is 2.25. The van der Waals surface area contributed by atoms with Gasteiger partial charge in [-0.05, 0) is 39.3 Å². The van der Waals surface area contributed by atoms with E-state index in [9.17, 15) is 18.4 Å². The second-order valence-corrected chi connectivity index (χ2v) is 5.54. The Labute approximate surface area is 132 Å². The van der Waals surface area contributed by atoms with Crippen molar-refractivity contribution in [2.45, 2.75) is 33.7 Å². The van der Waals surface area contributed by atoms with Gasteiger partial charge in [-0.1, -0.05) is 6.07 Å². The largest absolute Gasteiger partial charge is 0.354 e. The summed E-state index contributed by atoms with van der Waals surface area (Å²) in [6.07, 6.45) is 0. The second kappa shape index (κ2) is 6.32. The quantitative estimate of drug-likeness (QED) is 0.846. The lowest BCUT2D eigenvalue weighted by Gasteiger charge is -2.15. The monoisotopic (exact) mass is 320 g/mol. The van der Waals surface area contributed by atoms with Gasteiger partial charge in [0.1, 0.15) is 17.3 Å². The summed E-state index contributed by atoms with van der Waals surface area (Å²) in [4.78, 5) is 26.9. The predicted molar refractivity (Wildman–Crippen MR) is 82.5 cm³/mol. The molecule has 0 saturated carbocycles. The molecule has 1 amide bonds. The van der Waals surface area contributed by atoms with E-state index < -0.39 is 23.6 Å². The van der Waals surface area contributed by atoms with Crippen molar-refractivity contribution in [2.24, 2.45) is 0 Å². The molecule has 23 heavy (non-hydrogen) atoms. The Morgan fingerprint density at radius 3 is 2.39 bits per heavy atom. The number of benzene rings is 1. The first-order valence-corrected chi connectivity index (χ1v) is 7.18. The maximum absolute atomic E-state index is 13.8. The van der Waals surface area contributed by atoms with Crippen molar-refractivity contribution in [2.75, 3.05) is 0 Å². The molecule has 0 aliphatic carbocycles. The number of amides is 1. The Morgan fingerprint density at radius 1 is 1.22 bits per heavy atom. The van der Waals surface area contributed by atoms with Crippen molar-refractivity contribution in [3.63, 3.8) is 0 Å².